The van der Waals surface area contributed by atoms with E-state index in [0.29, 0.717) is 19.4 Å². The van der Waals surface area contributed by atoms with E-state index in [1.165, 1.54) is 5.01 Å². The third-order valence-electron chi connectivity index (χ3n) is 1.63. The van der Waals surface area contributed by atoms with Crippen LogP contribution >= 0.6 is 0 Å². The number of hydrogen-bond acceptors (Lipinski definition) is 3. The first-order valence-corrected chi connectivity index (χ1v) is 3.74. The minimum atomic E-state index is 0.0827. The molecule has 0 aromatic rings. The van der Waals surface area contributed by atoms with Crippen molar-refractivity contribution in [1.82, 2.24) is 10.4 Å². The third-order valence-corrected chi connectivity index (χ3v) is 1.63. The van der Waals surface area contributed by atoms with Crippen molar-refractivity contribution in [2.45, 2.75) is 25.8 Å². The number of nitrogens with one attached hydrogen (secondary N) is 1. The van der Waals surface area contributed by atoms with Gasteiger partial charge in [-0.1, -0.05) is 0 Å². The highest BCUT2D eigenvalue weighted by molar-refractivity contribution is 5.78. The zero-order chi connectivity index (χ0) is 8.27. The lowest BCUT2D eigenvalue weighted by Crippen LogP contribution is -2.37. The Morgan fingerprint density at radius 1 is 1.82 bits per heavy atom. The van der Waals surface area contributed by atoms with Gasteiger partial charge in [0.2, 0.25) is 5.91 Å². The summed E-state index contributed by atoms with van der Waals surface area (Å²) < 4.78 is 0. The number of aldehydes is 1. The molecule has 0 aliphatic carbocycles. The van der Waals surface area contributed by atoms with Gasteiger partial charge in [-0.15, -0.1) is 0 Å². The Hall–Kier alpha value is -0.900. The van der Waals surface area contributed by atoms with E-state index in [-0.39, 0.29) is 11.9 Å². The van der Waals surface area contributed by atoms with Crippen LogP contribution in [0.5, 0.6) is 0 Å². The normalized spacial score (nSPS) is 24.3. The van der Waals surface area contributed by atoms with Gasteiger partial charge in [0.1, 0.15) is 6.29 Å². The lowest BCUT2D eigenvalue weighted by atomic mass is 10.3. The number of carbonyl (C=O) groups excluding carboxylic acids is 2. The van der Waals surface area contributed by atoms with Crippen molar-refractivity contribution >= 4 is 12.2 Å². The number of nitrogens with zero attached hydrogens (tertiary/aromatic N) is 1. The van der Waals surface area contributed by atoms with Crippen LogP contribution in [-0.4, -0.2) is 29.8 Å². The maximum absolute atomic E-state index is 11.0. The SMILES string of the molecule is CC1CC(=O)N(CCC=O)N1. The number of rotatable bonds is 3. The minimum absolute atomic E-state index is 0.0827. The zero-order valence-electron chi connectivity index (χ0n) is 6.54. The Bertz CT molecular complexity index is 170. The van der Waals surface area contributed by atoms with Crippen molar-refractivity contribution in [3.8, 4) is 0 Å². The van der Waals surface area contributed by atoms with Crippen molar-refractivity contribution in [3.05, 3.63) is 0 Å². The summed E-state index contributed by atoms with van der Waals surface area (Å²) in [5, 5.41) is 1.51. The average Bonchev–Trinajstić information content (AvgIpc) is 2.26. The van der Waals surface area contributed by atoms with E-state index in [9.17, 15) is 9.59 Å². The molecule has 1 saturated heterocycles. The lowest BCUT2D eigenvalue weighted by molar-refractivity contribution is -0.129. The van der Waals surface area contributed by atoms with Crippen LogP contribution in [0.3, 0.4) is 0 Å². The van der Waals surface area contributed by atoms with Crippen molar-refractivity contribution in [2.75, 3.05) is 6.54 Å². The molecule has 0 aromatic heterocycles. The van der Waals surface area contributed by atoms with E-state index in [1.807, 2.05) is 6.92 Å². The summed E-state index contributed by atoms with van der Waals surface area (Å²) in [6.45, 7) is 2.44. The van der Waals surface area contributed by atoms with E-state index in [0.717, 1.165) is 6.29 Å². The Morgan fingerprint density at radius 2 is 2.55 bits per heavy atom. The zero-order valence-corrected chi connectivity index (χ0v) is 6.54. The second-order valence-corrected chi connectivity index (χ2v) is 2.73. The van der Waals surface area contributed by atoms with Crippen LogP contribution in [0.25, 0.3) is 0 Å². The molecule has 1 aliphatic rings. The molecule has 1 rings (SSSR count). The first-order valence-electron chi connectivity index (χ1n) is 3.74. The van der Waals surface area contributed by atoms with Crippen LogP contribution < -0.4 is 5.43 Å². The molecule has 1 amide bonds. The summed E-state index contributed by atoms with van der Waals surface area (Å²) >= 11 is 0. The fourth-order valence-corrected chi connectivity index (χ4v) is 1.13. The van der Waals surface area contributed by atoms with Gasteiger partial charge in [-0.3, -0.25) is 9.80 Å². The topological polar surface area (TPSA) is 49.4 Å². The van der Waals surface area contributed by atoms with Gasteiger partial charge in [0, 0.05) is 25.4 Å². The predicted molar refractivity (Wildman–Crippen MR) is 39.6 cm³/mol. The first kappa shape index (κ1) is 8.20. The van der Waals surface area contributed by atoms with Crippen molar-refractivity contribution in [3.63, 3.8) is 0 Å². The monoisotopic (exact) mass is 156 g/mol. The molecule has 1 N–H and O–H groups in total. The first-order chi connectivity index (χ1) is 5.24. The highest BCUT2D eigenvalue weighted by Gasteiger charge is 2.24. The van der Waals surface area contributed by atoms with Crippen molar-refractivity contribution < 1.29 is 9.59 Å². The highest BCUT2D eigenvalue weighted by Crippen LogP contribution is 2.05. The van der Waals surface area contributed by atoms with Crippen molar-refractivity contribution in [2.24, 2.45) is 0 Å². The standard InChI is InChI=1S/C7H12N2O2/c1-6-5-7(11)9(8-6)3-2-4-10/h4,6,8H,2-3,5H2,1H3. The van der Waals surface area contributed by atoms with Crippen LogP contribution in [0.2, 0.25) is 0 Å². The molecule has 0 radical (unpaired) electrons. The van der Waals surface area contributed by atoms with E-state index in [4.69, 9.17) is 0 Å². The molecule has 1 heterocycles. The Morgan fingerprint density at radius 3 is 3.00 bits per heavy atom. The molecule has 0 aromatic carbocycles. The maximum atomic E-state index is 11.0. The molecule has 1 fully saturated rings. The van der Waals surface area contributed by atoms with Gasteiger partial charge in [-0.25, -0.2) is 5.43 Å². The number of hydrazine groups is 1. The summed E-state index contributed by atoms with van der Waals surface area (Å²) in [6, 6.07) is 0.217. The van der Waals surface area contributed by atoms with Gasteiger partial charge in [0.15, 0.2) is 0 Å². The van der Waals surface area contributed by atoms with Gasteiger partial charge in [-0.05, 0) is 6.92 Å². The number of amides is 1. The Labute approximate surface area is 65.5 Å². The quantitative estimate of drug-likeness (QED) is 0.571. The van der Waals surface area contributed by atoms with Gasteiger partial charge in [-0.2, -0.15) is 0 Å². The second kappa shape index (κ2) is 3.48. The van der Waals surface area contributed by atoms with Crippen molar-refractivity contribution in [1.29, 1.82) is 0 Å². The average molecular weight is 156 g/mol. The molecule has 1 aliphatic heterocycles. The molecule has 11 heavy (non-hydrogen) atoms. The van der Waals surface area contributed by atoms with Crippen LogP contribution in [0.1, 0.15) is 19.8 Å². The van der Waals surface area contributed by atoms with Gasteiger partial charge in [0.25, 0.3) is 0 Å². The maximum Gasteiger partial charge on any atom is 0.238 e. The molecule has 0 bridgehead atoms. The molecular weight excluding hydrogens is 144 g/mol. The van der Waals surface area contributed by atoms with Gasteiger partial charge >= 0.3 is 0 Å². The number of carbonyl (C=O) groups is 2. The fourth-order valence-electron chi connectivity index (χ4n) is 1.13. The molecule has 0 spiro atoms. The van der Waals surface area contributed by atoms with Crippen LogP contribution in [0, 0.1) is 0 Å². The van der Waals surface area contributed by atoms with E-state index >= 15 is 0 Å². The second-order valence-electron chi connectivity index (χ2n) is 2.73. The van der Waals surface area contributed by atoms with Gasteiger partial charge in [0.05, 0.1) is 0 Å². The predicted octanol–water partition coefficient (Wildman–Crippen LogP) is -0.299. The van der Waals surface area contributed by atoms with Crippen LogP contribution in [0.15, 0.2) is 0 Å². The summed E-state index contributed by atoms with van der Waals surface area (Å²) in [5.41, 5.74) is 2.96. The molecular formula is C7H12N2O2. The number of hydrogen-bond donors (Lipinski definition) is 1. The summed E-state index contributed by atoms with van der Waals surface area (Å²) in [5.74, 6) is 0.0827. The Balaban J connectivity index is 2.34. The molecule has 4 heteroatoms. The Kier molecular flexibility index (Phi) is 2.59. The largest absolute Gasteiger partial charge is 0.303 e. The highest BCUT2D eigenvalue weighted by atomic mass is 16.2. The summed E-state index contributed by atoms with van der Waals surface area (Å²) in [6.07, 6.45) is 1.77. The van der Waals surface area contributed by atoms with E-state index < -0.39 is 0 Å². The van der Waals surface area contributed by atoms with Crippen LogP contribution in [-0.2, 0) is 9.59 Å². The lowest BCUT2D eigenvalue weighted by Gasteiger charge is -2.14. The molecule has 1 atom stereocenters. The smallest absolute Gasteiger partial charge is 0.238 e. The third kappa shape index (κ3) is 2.01. The molecule has 1 unspecified atom stereocenters. The summed E-state index contributed by atoms with van der Waals surface area (Å²) in [7, 11) is 0. The fraction of sp³-hybridized carbons (Fsp3) is 0.714. The van der Waals surface area contributed by atoms with Gasteiger partial charge < -0.3 is 4.79 Å². The van der Waals surface area contributed by atoms with E-state index in [2.05, 4.69) is 5.43 Å². The van der Waals surface area contributed by atoms with E-state index in [1.54, 1.807) is 0 Å². The summed E-state index contributed by atoms with van der Waals surface area (Å²) in [4.78, 5) is 21.0. The van der Waals surface area contributed by atoms with Crippen LogP contribution in [0.4, 0.5) is 0 Å². The molecule has 4 nitrogen and oxygen atoms in total. The molecule has 0 saturated carbocycles. The molecule has 62 valence electrons. The minimum Gasteiger partial charge on any atom is -0.303 e.